The van der Waals surface area contributed by atoms with Crippen molar-refractivity contribution in [1.82, 2.24) is 20.4 Å². The summed E-state index contributed by atoms with van der Waals surface area (Å²) in [4.78, 5) is 29.6. The third-order valence-electron chi connectivity index (χ3n) is 6.30. The molecular weight excluding hydrogens is 368 g/mol. The molecule has 2 aliphatic rings. The molecule has 2 N–H and O–H groups in total. The highest BCUT2D eigenvalue weighted by Crippen LogP contribution is 2.28. The first kappa shape index (κ1) is 21.6. The number of ether oxygens (including phenoxy) is 1. The molecular formula is C22H34N4O3. The summed E-state index contributed by atoms with van der Waals surface area (Å²) in [5.41, 5.74) is 1.04. The van der Waals surface area contributed by atoms with E-state index in [-0.39, 0.29) is 29.9 Å². The van der Waals surface area contributed by atoms with Crippen LogP contribution in [-0.4, -0.2) is 73.0 Å². The van der Waals surface area contributed by atoms with Gasteiger partial charge in [-0.15, -0.1) is 0 Å². The highest BCUT2D eigenvalue weighted by molar-refractivity contribution is 5.83. The summed E-state index contributed by atoms with van der Waals surface area (Å²) >= 11 is 0. The predicted octanol–water partition coefficient (Wildman–Crippen LogP) is 1.37. The maximum absolute atomic E-state index is 12.7. The molecule has 1 aromatic rings. The van der Waals surface area contributed by atoms with Crippen LogP contribution in [0.2, 0.25) is 0 Å². The molecule has 0 saturated carbocycles. The Balaban J connectivity index is 1.51. The molecule has 3 rings (SSSR count). The van der Waals surface area contributed by atoms with Crippen LogP contribution in [-0.2, 0) is 16.1 Å². The van der Waals surface area contributed by atoms with Crippen LogP contribution in [0.5, 0.6) is 5.75 Å². The maximum Gasteiger partial charge on any atom is 0.239 e. The van der Waals surface area contributed by atoms with Crippen molar-refractivity contribution in [2.24, 2.45) is 0 Å². The van der Waals surface area contributed by atoms with Gasteiger partial charge in [0.1, 0.15) is 11.8 Å². The monoisotopic (exact) mass is 402 g/mol. The number of likely N-dealkylation sites (tertiary alicyclic amines) is 1. The topological polar surface area (TPSA) is 73.9 Å². The van der Waals surface area contributed by atoms with E-state index in [9.17, 15) is 9.59 Å². The minimum absolute atomic E-state index is 0.0385. The smallest absolute Gasteiger partial charge is 0.239 e. The molecule has 0 aliphatic carbocycles. The van der Waals surface area contributed by atoms with Crippen LogP contribution in [0.3, 0.4) is 0 Å². The lowest BCUT2D eigenvalue weighted by Crippen LogP contribution is -2.51. The molecule has 2 fully saturated rings. The predicted molar refractivity (Wildman–Crippen MR) is 113 cm³/mol. The van der Waals surface area contributed by atoms with Gasteiger partial charge in [-0.25, -0.2) is 0 Å². The Morgan fingerprint density at radius 2 is 2.03 bits per heavy atom. The molecule has 0 spiro atoms. The Morgan fingerprint density at radius 1 is 1.31 bits per heavy atom. The van der Waals surface area contributed by atoms with Crippen LogP contribution in [0, 0.1) is 0 Å². The van der Waals surface area contributed by atoms with E-state index in [4.69, 9.17) is 4.74 Å². The average molecular weight is 403 g/mol. The SMILES string of the molecule is COc1ccc(CNC(=O)CCC2CNC(=O)C3C(CCN3C(C)C)N2C)cc1. The molecule has 7 heteroatoms. The van der Waals surface area contributed by atoms with Crippen LogP contribution in [0.1, 0.15) is 38.7 Å². The molecule has 2 amide bonds. The number of nitrogens with zero attached hydrogens (tertiary/aromatic N) is 2. The third-order valence-corrected chi connectivity index (χ3v) is 6.30. The summed E-state index contributed by atoms with van der Waals surface area (Å²) in [6.07, 6.45) is 2.18. The van der Waals surface area contributed by atoms with E-state index in [0.29, 0.717) is 25.6 Å². The van der Waals surface area contributed by atoms with Gasteiger partial charge in [0.2, 0.25) is 11.8 Å². The fourth-order valence-corrected chi connectivity index (χ4v) is 4.50. The zero-order valence-corrected chi connectivity index (χ0v) is 18.0. The first-order valence-electron chi connectivity index (χ1n) is 10.6. The quantitative estimate of drug-likeness (QED) is 0.721. The number of rotatable bonds is 7. The van der Waals surface area contributed by atoms with Gasteiger partial charge in [0, 0.05) is 44.2 Å². The number of carbonyl (C=O) groups excluding carboxylic acids is 2. The van der Waals surface area contributed by atoms with Crippen LogP contribution >= 0.6 is 0 Å². The molecule has 7 nitrogen and oxygen atoms in total. The second-order valence-corrected chi connectivity index (χ2v) is 8.36. The van der Waals surface area contributed by atoms with Crippen molar-refractivity contribution in [2.75, 3.05) is 27.2 Å². The molecule has 3 atom stereocenters. The van der Waals surface area contributed by atoms with E-state index in [2.05, 4.69) is 41.3 Å². The van der Waals surface area contributed by atoms with Gasteiger partial charge in [-0.2, -0.15) is 0 Å². The lowest BCUT2D eigenvalue weighted by molar-refractivity contribution is -0.126. The van der Waals surface area contributed by atoms with Gasteiger partial charge >= 0.3 is 0 Å². The van der Waals surface area contributed by atoms with Gasteiger partial charge in [-0.05, 0) is 51.4 Å². The number of benzene rings is 1. The van der Waals surface area contributed by atoms with Crippen LogP contribution in [0.4, 0.5) is 0 Å². The number of methoxy groups -OCH3 is 1. The Labute approximate surface area is 173 Å². The number of fused-ring (bicyclic) bond motifs is 1. The Bertz CT molecular complexity index is 707. The Kier molecular flexibility index (Phi) is 7.14. The number of nitrogens with one attached hydrogen (secondary N) is 2. The fourth-order valence-electron chi connectivity index (χ4n) is 4.50. The average Bonchev–Trinajstić information content (AvgIpc) is 3.13. The molecule has 2 saturated heterocycles. The van der Waals surface area contributed by atoms with Crippen molar-refractivity contribution >= 4 is 11.8 Å². The first-order valence-corrected chi connectivity index (χ1v) is 10.6. The number of hydrogen-bond acceptors (Lipinski definition) is 5. The van der Waals surface area contributed by atoms with Crippen LogP contribution in [0.25, 0.3) is 0 Å². The van der Waals surface area contributed by atoms with Gasteiger partial charge < -0.3 is 15.4 Å². The van der Waals surface area contributed by atoms with Crippen molar-refractivity contribution in [2.45, 2.75) is 63.8 Å². The van der Waals surface area contributed by atoms with Crippen molar-refractivity contribution in [3.05, 3.63) is 29.8 Å². The van der Waals surface area contributed by atoms with E-state index in [1.165, 1.54) is 0 Å². The minimum atomic E-state index is -0.0890. The second kappa shape index (κ2) is 9.59. The van der Waals surface area contributed by atoms with E-state index >= 15 is 0 Å². The summed E-state index contributed by atoms with van der Waals surface area (Å²) in [6, 6.07) is 8.34. The molecule has 160 valence electrons. The Hall–Kier alpha value is -2.12. The van der Waals surface area contributed by atoms with Crippen molar-refractivity contribution in [1.29, 1.82) is 0 Å². The van der Waals surface area contributed by atoms with Gasteiger partial charge in [0.15, 0.2) is 0 Å². The molecule has 2 aliphatic heterocycles. The summed E-state index contributed by atoms with van der Waals surface area (Å²) in [7, 11) is 3.74. The van der Waals surface area contributed by atoms with Gasteiger partial charge in [0.05, 0.1) is 7.11 Å². The summed E-state index contributed by atoms with van der Waals surface area (Å²) < 4.78 is 5.15. The van der Waals surface area contributed by atoms with Crippen molar-refractivity contribution < 1.29 is 14.3 Å². The second-order valence-electron chi connectivity index (χ2n) is 8.36. The number of carbonyl (C=O) groups is 2. The minimum Gasteiger partial charge on any atom is -0.497 e. The standard InChI is InChI=1S/C22H34N4O3/c1-15(2)26-12-11-19-21(26)22(28)24-14-17(25(19)3)7-10-20(27)23-13-16-5-8-18(29-4)9-6-16/h5-6,8-9,15,17,19,21H,7,10-14H2,1-4H3,(H,23,27)(H,24,28). The summed E-state index contributed by atoms with van der Waals surface area (Å²) in [5.74, 6) is 0.968. The zero-order valence-electron chi connectivity index (χ0n) is 18.0. The molecule has 2 heterocycles. The van der Waals surface area contributed by atoms with Crippen molar-refractivity contribution in [3.63, 3.8) is 0 Å². The molecule has 1 aromatic carbocycles. The zero-order chi connectivity index (χ0) is 21.0. The maximum atomic E-state index is 12.7. The molecule has 0 aromatic heterocycles. The van der Waals surface area contributed by atoms with Gasteiger partial charge in [-0.1, -0.05) is 12.1 Å². The van der Waals surface area contributed by atoms with Gasteiger partial charge in [-0.3, -0.25) is 19.4 Å². The lowest BCUT2D eigenvalue weighted by atomic mass is 10.0. The van der Waals surface area contributed by atoms with Crippen LogP contribution < -0.4 is 15.4 Å². The molecule has 0 bridgehead atoms. The van der Waals surface area contributed by atoms with Crippen molar-refractivity contribution in [3.8, 4) is 5.75 Å². The first-order chi connectivity index (χ1) is 13.9. The molecule has 3 unspecified atom stereocenters. The third kappa shape index (κ3) is 5.08. The molecule has 29 heavy (non-hydrogen) atoms. The highest BCUT2D eigenvalue weighted by atomic mass is 16.5. The van der Waals surface area contributed by atoms with Gasteiger partial charge in [0.25, 0.3) is 0 Å². The van der Waals surface area contributed by atoms with E-state index in [0.717, 1.165) is 30.7 Å². The normalized spacial score (nSPS) is 25.4. The van der Waals surface area contributed by atoms with Crippen LogP contribution in [0.15, 0.2) is 24.3 Å². The molecule has 0 radical (unpaired) electrons. The van der Waals surface area contributed by atoms with E-state index < -0.39 is 0 Å². The fraction of sp³-hybridized carbons (Fsp3) is 0.636. The largest absolute Gasteiger partial charge is 0.497 e. The highest BCUT2D eigenvalue weighted by Gasteiger charge is 2.45. The summed E-state index contributed by atoms with van der Waals surface area (Å²) in [5, 5.41) is 6.10. The number of likely N-dealkylation sites (N-methyl/N-ethyl adjacent to an activating group) is 1. The number of hydrogen-bond donors (Lipinski definition) is 2. The Morgan fingerprint density at radius 3 is 2.69 bits per heavy atom. The lowest BCUT2D eigenvalue weighted by Gasteiger charge is -2.34. The summed E-state index contributed by atoms with van der Waals surface area (Å²) in [6.45, 7) is 6.34. The van der Waals surface area contributed by atoms with E-state index in [1.54, 1.807) is 7.11 Å². The number of amides is 2. The van der Waals surface area contributed by atoms with E-state index in [1.807, 2.05) is 24.3 Å².